The molecule has 0 saturated heterocycles. The van der Waals surface area contributed by atoms with Gasteiger partial charge >= 0.3 is 6.18 Å². The van der Waals surface area contributed by atoms with Gasteiger partial charge in [-0.25, -0.2) is 4.39 Å². The SMILES string of the molecule is O=C(CF)NC(Nc1cccc(C(F)(F)F)c1)C(Cl)(Cl)Cl. The van der Waals surface area contributed by atoms with E-state index in [2.05, 4.69) is 5.32 Å². The van der Waals surface area contributed by atoms with E-state index >= 15 is 0 Å². The van der Waals surface area contributed by atoms with Crippen molar-refractivity contribution in [1.29, 1.82) is 0 Å². The fourth-order valence-corrected chi connectivity index (χ4v) is 1.68. The summed E-state index contributed by atoms with van der Waals surface area (Å²) in [6.07, 6.45) is -5.95. The van der Waals surface area contributed by atoms with Crippen molar-refractivity contribution in [3.8, 4) is 0 Å². The van der Waals surface area contributed by atoms with Gasteiger partial charge in [-0.2, -0.15) is 13.2 Å². The molecule has 21 heavy (non-hydrogen) atoms. The first kappa shape index (κ1) is 18.1. The lowest BCUT2D eigenvalue weighted by atomic mass is 10.2. The second kappa shape index (κ2) is 6.89. The van der Waals surface area contributed by atoms with Gasteiger partial charge in [-0.05, 0) is 18.2 Å². The minimum Gasteiger partial charge on any atom is -0.362 e. The number of alkyl halides is 7. The molecule has 0 aliphatic heterocycles. The number of benzene rings is 1. The van der Waals surface area contributed by atoms with Crippen LogP contribution in [0.2, 0.25) is 0 Å². The number of nitrogens with one attached hydrogen (secondary N) is 2. The Kier molecular flexibility index (Phi) is 5.95. The summed E-state index contributed by atoms with van der Waals surface area (Å²) in [6.45, 7) is -1.36. The molecule has 0 radical (unpaired) electrons. The summed E-state index contributed by atoms with van der Waals surface area (Å²) in [6, 6.07) is 4.04. The molecule has 1 rings (SSSR count). The van der Waals surface area contributed by atoms with E-state index in [0.717, 1.165) is 18.2 Å². The van der Waals surface area contributed by atoms with Gasteiger partial charge in [0.05, 0.1) is 5.56 Å². The van der Waals surface area contributed by atoms with E-state index in [1.165, 1.54) is 6.07 Å². The van der Waals surface area contributed by atoms with Gasteiger partial charge < -0.3 is 10.6 Å². The van der Waals surface area contributed by atoms with Crippen LogP contribution in [0.4, 0.5) is 23.2 Å². The van der Waals surface area contributed by atoms with E-state index < -0.39 is 34.3 Å². The molecule has 0 aromatic heterocycles. The minimum absolute atomic E-state index is 0.0553. The van der Waals surface area contributed by atoms with Gasteiger partial charge in [0.1, 0.15) is 6.17 Å². The zero-order chi connectivity index (χ0) is 16.3. The summed E-state index contributed by atoms with van der Waals surface area (Å²) in [5, 5.41) is 4.41. The number of rotatable bonds is 4. The zero-order valence-corrected chi connectivity index (χ0v) is 12.4. The Labute approximate surface area is 132 Å². The van der Waals surface area contributed by atoms with Crippen molar-refractivity contribution in [2.45, 2.75) is 16.1 Å². The van der Waals surface area contributed by atoms with Crippen LogP contribution in [0.15, 0.2) is 24.3 Å². The molecular formula is C11H9Cl3F4N2O. The predicted octanol–water partition coefficient (Wildman–Crippen LogP) is 3.90. The van der Waals surface area contributed by atoms with Crippen LogP contribution in [0.25, 0.3) is 0 Å². The van der Waals surface area contributed by atoms with E-state index in [-0.39, 0.29) is 5.69 Å². The third-order valence-electron chi connectivity index (χ3n) is 2.25. The highest BCUT2D eigenvalue weighted by molar-refractivity contribution is 6.68. The van der Waals surface area contributed by atoms with Gasteiger partial charge in [-0.3, -0.25) is 4.79 Å². The molecule has 0 saturated carbocycles. The highest BCUT2D eigenvalue weighted by atomic mass is 35.6. The lowest BCUT2D eigenvalue weighted by Crippen LogP contribution is -2.49. The highest BCUT2D eigenvalue weighted by Gasteiger charge is 2.35. The molecular weight excluding hydrogens is 358 g/mol. The van der Waals surface area contributed by atoms with E-state index in [9.17, 15) is 22.4 Å². The monoisotopic (exact) mass is 366 g/mol. The average Bonchev–Trinajstić information content (AvgIpc) is 2.36. The normalized spacial score (nSPS) is 13.7. The van der Waals surface area contributed by atoms with Gasteiger partial charge in [-0.15, -0.1) is 0 Å². The summed E-state index contributed by atoms with van der Waals surface area (Å²) < 4.78 is 47.8. The highest BCUT2D eigenvalue weighted by Crippen LogP contribution is 2.33. The Morgan fingerprint density at radius 2 is 1.86 bits per heavy atom. The Hall–Kier alpha value is -0.920. The Morgan fingerprint density at radius 3 is 2.33 bits per heavy atom. The molecule has 10 heteroatoms. The van der Waals surface area contributed by atoms with Gasteiger partial charge in [0.15, 0.2) is 6.67 Å². The number of amides is 1. The number of hydrogen-bond donors (Lipinski definition) is 2. The van der Waals surface area contributed by atoms with E-state index in [1.807, 2.05) is 5.32 Å². The molecule has 1 amide bonds. The fourth-order valence-electron chi connectivity index (χ4n) is 1.35. The molecule has 118 valence electrons. The summed E-state index contributed by atoms with van der Waals surface area (Å²) in [7, 11) is 0. The van der Waals surface area contributed by atoms with Crippen molar-refractivity contribution in [3.63, 3.8) is 0 Å². The smallest absolute Gasteiger partial charge is 0.362 e. The number of carbonyl (C=O) groups excluding carboxylic acids is 1. The fraction of sp³-hybridized carbons (Fsp3) is 0.364. The van der Waals surface area contributed by atoms with Crippen LogP contribution < -0.4 is 10.6 Å². The third-order valence-corrected chi connectivity index (χ3v) is 2.91. The van der Waals surface area contributed by atoms with Crippen molar-refractivity contribution in [1.82, 2.24) is 5.32 Å². The first-order chi connectivity index (χ1) is 9.54. The Morgan fingerprint density at radius 1 is 1.24 bits per heavy atom. The summed E-state index contributed by atoms with van der Waals surface area (Å²) >= 11 is 16.8. The van der Waals surface area contributed by atoms with E-state index in [0.29, 0.717) is 0 Å². The quantitative estimate of drug-likeness (QED) is 0.481. The van der Waals surface area contributed by atoms with Crippen molar-refractivity contribution >= 4 is 46.4 Å². The van der Waals surface area contributed by atoms with Gasteiger partial charge in [0.25, 0.3) is 5.91 Å². The molecule has 0 aliphatic rings. The molecule has 1 unspecified atom stereocenters. The van der Waals surface area contributed by atoms with Gasteiger partial charge in [0, 0.05) is 5.69 Å². The van der Waals surface area contributed by atoms with Crippen molar-refractivity contribution in [2.24, 2.45) is 0 Å². The minimum atomic E-state index is -4.55. The van der Waals surface area contributed by atoms with Crippen molar-refractivity contribution in [3.05, 3.63) is 29.8 Å². The molecule has 0 bridgehead atoms. The third kappa shape index (κ3) is 5.76. The Bertz CT molecular complexity index is 505. The predicted molar refractivity (Wildman–Crippen MR) is 73.3 cm³/mol. The lowest BCUT2D eigenvalue weighted by Gasteiger charge is -2.27. The summed E-state index contributed by atoms with van der Waals surface area (Å²) in [5.74, 6) is -1.08. The van der Waals surface area contributed by atoms with Gasteiger partial charge in [0.2, 0.25) is 3.79 Å². The van der Waals surface area contributed by atoms with Crippen molar-refractivity contribution < 1.29 is 22.4 Å². The maximum absolute atomic E-state index is 12.6. The van der Waals surface area contributed by atoms with Crippen LogP contribution in [0.3, 0.4) is 0 Å². The number of hydrogen-bond acceptors (Lipinski definition) is 2. The van der Waals surface area contributed by atoms with Crippen LogP contribution in [-0.2, 0) is 11.0 Å². The van der Waals surface area contributed by atoms with Crippen LogP contribution in [0, 0.1) is 0 Å². The molecule has 0 fully saturated rings. The maximum Gasteiger partial charge on any atom is 0.416 e. The summed E-state index contributed by atoms with van der Waals surface area (Å²) in [4.78, 5) is 11.0. The molecule has 2 N–H and O–H groups in total. The largest absolute Gasteiger partial charge is 0.416 e. The molecule has 0 aliphatic carbocycles. The number of carbonyl (C=O) groups is 1. The first-order valence-corrected chi connectivity index (χ1v) is 6.53. The van der Waals surface area contributed by atoms with E-state index in [1.54, 1.807) is 0 Å². The molecule has 1 atom stereocenters. The maximum atomic E-state index is 12.6. The lowest BCUT2D eigenvalue weighted by molar-refractivity contribution is -0.137. The van der Waals surface area contributed by atoms with Crippen LogP contribution in [-0.4, -0.2) is 22.5 Å². The van der Waals surface area contributed by atoms with Crippen LogP contribution in [0.1, 0.15) is 5.56 Å². The van der Waals surface area contributed by atoms with Crippen LogP contribution >= 0.6 is 34.8 Å². The Balaban J connectivity index is 2.96. The zero-order valence-electron chi connectivity index (χ0n) is 10.1. The summed E-state index contributed by atoms with van der Waals surface area (Å²) in [5.41, 5.74) is -0.979. The van der Waals surface area contributed by atoms with Crippen LogP contribution in [0.5, 0.6) is 0 Å². The molecule has 0 heterocycles. The second-order valence-corrected chi connectivity index (χ2v) is 6.27. The van der Waals surface area contributed by atoms with Gasteiger partial charge in [-0.1, -0.05) is 40.9 Å². The topological polar surface area (TPSA) is 41.1 Å². The molecule has 0 spiro atoms. The number of anilines is 1. The first-order valence-electron chi connectivity index (χ1n) is 5.40. The average molecular weight is 368 g/mol. The molecule has 3 nitrogen and oxygen atoms in total. The molecule has 1 aromatic rings. The number of halogens is 7. The standard InChI is InChI=1S/C11H9Cl3F4N2O/c12-10(13,14)9(20-8(21)5-15)19-7-3-1-2-6(4-7)11(16,17)18/h1-4,9,19H,5H2,(H,20,21). The second-order valence-electron chi connectivity index (χ2n) is 3.90. The van der Waals surface area contributed by atoms with E-state index in [4.69, 9.17) is 34.8 Å². The molecule has 1 aromatic carbocycles. The van der Waals surface area contributed by atoms with Crippen molar-refractivity contribution in [2.75, 3.05) is 12.0 Å².